The van der Waals surface area contributed by atoms with Gasteiger partial charge in [0.25, 0.3) is 0 Å². The van der Waals surface area contributed by atoms with Crippen LogP contribution in [0.3, 0.4) is 0 Å². The summed E-state index contributed by atoms with van der Waals surface area (Å²) in [5, 5.41) is 34.0. The Morgan fingerprint density at radius 1 is 1.09 bits per heavy atom. The van der Waals surface area contributed by atoms with Crippen LogP contribution in [0.1, 0.15) is 86.2 Å². The zero-order valence-electron chi connectivity index (χ0n) is 19.6. The zero-order valence-corrected chi connectivity index (χ0v) is 19.6. The first kappa shape index (κ1) is 23.1. The van der Waals surface area contributed by atoms with E-state index in [1.807, 2.05) is 12.1 Å². The minimum atomic E-state index is -2.65. The van der Waals surface area contributed by atoms with Gasteiger partial charge < -0.3 is 15.3 Å². The van der Waals surface area contributed by atoms with E-state index in [1.54, 1.807) is 13.8 Å². The molecule has 3 N–H and O–H groups in total. The smallest absolute Gasteiger partial charge is 0.205 e. The van der Waals surface area contributed by atoms with Crippen LogP contribution in [0.4, 0.5) is 0 Å². The summed E-state index contributed by atoms with van der Waals surface area (Å²) < 4.78 is 0. The number of carbonyl (C=O) groups excluding carboxylic acids is 4. The Bertz CT molecular complexity index is 1170. The number of rotatable bonds is 2. The molecule has 2 saturated carbocycles. The third-order valence-electron chi connectivity index (χ3n) is 8.90. The third kappa shape index (κ3) is 2.83. The average Bonchev–Trinajstić information content (AvgIpc) is 3.31. The predicted octanol–water partition coefficient (Wildman–Crippen LogP) is 2.75. The van der Waals surface area contributed by atoms with Gasteiger partial charge in [-0.25, -0.2) is 0 Å². The highest BCUT2D eigenvalue weighted by molar-refractivity contribution is 6.32. The summed E-state index contributed by atoms with van der Waals surface area (Å²) in [4.78, 5) is 52.9. The Labute approximate surface area is 197 Å². The first-order valence-corrected chi connectivity index (χ1v) is 12.1. The maximum atomic E-state index is 13.8. The number of hydrogen-bond acceptors (Lipinski definition) is 7. The molecule has 7 nitrogen and oxygen atoms in total. The topological polar surface area (TPSA) is 129 Å². The standard InChI is InChI=1S/C27H30O7/c1-11-10-17-23(30)19-12(2)15-8-9-16(14-6-4-5-7-14)22(29)20(15)24(31)21(19)26(33)27(17,34)25(32)18(11)13(3)28/h8-9,12,14,17,19,21,23,29-30,34H,4-7,10H2,1-3H3. The molecule has 0 heterocycles. The second-order valence-corrected chi connectivity index (χ2v) is 10.6. The summed E-state index contributed by atoms with van der Waals surface area (Å²) in [7, 11) is 0. The van der Waals surface area contributed by atoms with E-state index in [0.717, 1.165) is 25.7 Å². The molecule has 0 saturated heterocycles. The number of ketones is 4. The Balaban J connectivity index is 1.65. The molecule has 180 valence electrons. The highest BCUT2D eigenvalue weighted by atomic mass is 16.3. The monoisotopic (exact) mass is 466 g/mol. The first-order chi connectivity index (χ1) is 16.0. The van der Waals surface area contributed by atoms with Crippen LogP contribution in [0.25, 0.3) is 0 Å². The van der Waals surface area contributed by atoms with Gasteiger partial charge in [-0.2, -0.15) is 0 Å². The van der Waals surface area contributed by atoms with Crippen molar-refractivity contribution in [2.24, 2.45) is 17.8 Å². The largest absolute Gasteiger partial charge is 0.507 e. The Hall–Kier alpha value is -2.64. The van der Waals surface area contributed by atoms with Crippen molar-refractivity contribution in [3.05, 3.63) is 40.0 Å². The lowest BCUT2D eigenvalue weighted by Crippen LogP contribution is -2.69. The molecule has 7 heteroatoms. The summed E-state index contributed by atoms with van der Waals surface area (Å²) in [6, 6.07) is 3.66. The van der Waals surface area contributed by atoms with Crippen molar-refractivity contribution >= 4 is 23.1 Å². The minimum Gasteiger partial charge on any atom is -0.507 e. The van der Waals surface area contributed by atoms with Crippen LogP contribution in [-0.4, -0.2) is 50.2 Å². The van der Waals surface area contributed by atoms with E-state index in [2.05, 4.69) is 0 Å². The number of hydrogen-bond donors (Lipinski definition) is 3. The van der Waals surface area contributed by atoms with Gasteiger partial charge in [0.15, 0.2) is 23.0 Å². The van der Waals surface area contributed by atoms with Crippen LogP contribution in [0, 0.1) is 17.8 Å². The number of aromatic hydroxyl groups is 1. The number of aliphatic hydroxyl groups is 2. The van der Waals surface area contributed by atoms with Gasteiger partial charge >= 0.3 is 0 Å². The van der Waals surface area contributed by atoms with Crippen molar-refractivity contribution in [2.75, 3.05) is 0 Å². The van der Waals surface area contributed by atoms with Crippen LogP contribution >= 0.6 is 0 Å². The second-order valence-electron chi connectivity index (χ2n) is 10.6. The van der Waals surface area contributed by atoms with Crippen molar-refractivity contribution < 1.29 is 34.5 Å². The molecule has 2 fully saturated rings. The van der Waals surface area contributed by atoms with E-state index in [1.165, 1.54) is 6.92 Å². The highest BCUT2D eigenvalue weighted by Crippen LogP contribution is 2.55. The predicted molar refractivity (Wildman–Crippen MR) is 121 cm³/mol. The van der Waals surface area contributed by atoms with Gasteiger partial charge in [0, 0.05) is 11.8 Å². The Morgan fingerprint density at radius 2 is 1.71 bits per heavy atom. The quantitative estimate of drug-likeness (QED) is 0.451. The highest BCUT2D eigenvalue weighted by Gasteiger charge is 2.67. The van der Waals surface area contributed by atoms with Gasteiger partial charge in [-0.15, -0.1) is 0 Å². The van der Waals surface area contributed by atoms with Gasteiger partial charge in [-0.05, 0) is 56.1 Å². The number of phenols is 1. The fourth-order valence-electron chi connectivity index (χ4n) is 7.20. The van der Waals surface area contributed by atoms with Crippen LogP contribution < -0.4 is 0 Å². The summed E-state index contributed by atoms with van der Waals surface area (Å²) in [6.45, 7) is 4.58. The molecule has 0 radical (unpaired) electrons. The molecule has 6 unspecified atom stereocenters. The maximum absolute atomic E-state index is 13.8. The molecule has 1 aromatic carbocycles. The molecule has 6 atom stereocenters. The van der Waals surface area contributed by atoms with Crippen molar-refractivity contribution in [3.63, 3.8) is 0 Å². The number of carbonyl (C=O) groups is 4. The van der Waals surface area contributed by atoms with Crippen molar-refractivity contribution in [1.29, 1.82) is 0 Å². The fraction of sp³-hybridized carbons (Fsp3) is 0.556. The van der Waals surface area contributed by atoms with Crippen LogP contribution in [0.2, 0.25) is 0 Å². The minimum absolute atomic E-state index is 0.00686. The van der Waals surface area contributed by atoms with Gasteiger partial charge in [0.2, 0.25) is 5.78 Å². The van der Waals surface area contributed by atoms with Gasteiger partial charge in [-0.3, -0.25) is 19.2 Å². The summed E-state index contributed by atoms with van der Waals surface area (Å²) in [5.74, 6) is -7.15. The van der Waals surface area contributed by atoms with Crippen LogP contribution in [0.15, 0.2) is 23.3 Å². The van der Waals surface area contributed by atoms with Crippen molar-refractivity contribution in [3.8, 4) is 5.75 Å². The lowest BCUT2D eigenvalue weighted by molar-refractivity contribution is -0.179. The average molecular weight is 467 g/mol. The number of allylic oxidation sites excluding steroid dienone is 1. The summed E-state index contributed by atoms with van der Waals surface area (Å²) in [6.07, 6.45) is 2.60. The molecular formula is C27H30O7. The van der Waals surface area contributed by atoms with E-state index in [0.29, 0.717) is 16.7 Å². The lowest BCUT2D eigenvalue weighted by atomic mass is 9.51. The molecule has 4 aliphatic carbocycles. The van der Waals surface area contributed by atoms with Gasteiger partial charge in [-0.1, -0.05) is 37.5 Å². The van der Waals surface area contributed by atoms with E-state index in [9.17, 15) is 34.5 Å². The van der Waals surface area contributed by atoms with Crippen LogP contribution in [0.5, 0.6) is 5.75 Å². The van der Waals surface area contributed by atoms with E-state index in [4.69, 9.17) is 0 Å². The maximum Gasteiger partial charge on any atom is 0.205 e. The number of Topliss-reactive ketones (excluding diaryl/α,β-unsaturated/α-hetero) is 4. The SMILES string of the molecule is CC(=O)C1=C(C)CC2C(O)C3C(C(=O)c4c(ccc(C5CCCC5)c4O)C3C)C(=O)C2(O)C1=O. The first-order valence-electron chi connectivity index (χ1n) is 12.1. The Morgan fingerprint density at radius 3 is 2.32 bits per heavy atom. The number of aliphatic hydroxyl groups excluding tert-OH is 1. The van der Waals surface area contributed by atoms with Gasteiger partial charge in [0.05, 0.1) is 23.2 Å². The number of phenolic OH excluding ortho intramolecular Hbond substituents is 1. The third-order valence-corrected chi connectivity index (χ3v) is 8.90. The zero-order chi connectivity index (χ0) is 24.7. The van der Waals surface area contributed by atoms with E-state index < -0.39 is 58.5 Å². The van der Waals surface area contributed by atoms with E-state index in [-0.39, 0.29) is 29.2 Å². The van der Waals surface area contributed by atoms with Gasteiger partial charge in [0.1, 0.15) is 5.75 Å². The number of fused-ring (bicyclic) bond motifs is 3. The van der Waals surface area contributed by atoms with Crippen LogP contribution in [-0.2, 0) is 14.4 Å². The Kier molecular flexibility index (Phi) is 5.22. The normalized spacial score (nSPS) is 35.8. The van der Waals surface area contributed by atoms with Crippen molar-refractivity contribution in [2.45, 2.75) is 76.4 Å². The lowest BCUT2D eigenvalue weighted by Gasteiger charge is -2.52. The second kappa shape index (κ2) is 7.68. The summed E-state index contributed by atoms with van der Waals surface area (Å²) in [5.41, 5.74) is -1.15. The molecule has 5 rings (SSSR count). The molecule has 1 aromatic rings. The number of benzene rings is 1. The van der Waals surface area contributed by atoms with Crippen molar-refractivity contribution in [1.82, 2.24) is 0 Å². The molecule has 0 bridgehead atoms. The molecule has 0 spiro atoms. The molecule has 0 aromatic heterocycles. The summed E-state index contributed by atoms with van der Waals surface area (Å²) >= 11 is 0. The molecular weight excluding hydrogens is 436 g/mol. The molecule has 34 heavy (non-hydrogen) atoms. The van der Waals surface area contributed by atoms with E-state index >= 15 is 0 Å². The fourth-order valence-corrected chi connectivity index (χ4v) is 7.20. The molecule has 0 aliphatic heterocycles. The molecule has 4 aliphatic rings. The molecule has 0 amide bonds.